The summed E-state index contributed by atoms with van der Waals surface area (Å²) in [6.45, 7) is 2.03. The number of carbonyl (C=O) groups excluding carboxylic acids is 3. The van der Waals surface area contributed by atoms with Crippen LogP contribution in [0.3, 0.4) is 0 Å². The van der Waals surface area contributed by atoms with Crippen molar-refractivity contribution >= 4 is 17.8 Å². The third-order valence-electron chi connectivity index (χ3n) is 6.10. The van der Waals surface area contributed by atoms with E-state index in [0.29, 0.717) is 5.75 Å². The van der Waals surface area contributed by atoms with Gasteiger partial charge in [0.2, 0.25) is 11.8 Å². The summed E-state index contributed by atoms with van der Waals surface area (Å²) in [6.07, 6.45) is 5.24. The van der Waals surface area contributed by atoms with E-state index in [1.54, 1.807) is 7.11 Å². The molecule has 1 aliphatic heterocycles. The summed E-state index contributed by atoms with van der Waals surface area (Å²) in [5.74, 6) is -0.563. The lowest BCUT2D eigenvalue weighted by molar-refractivity contribution is -0.147. The molecule has 3 atom stereocenters. The van der Waals surface area contributed by atoms with Gasteiger partial charge in [-0.1, -0.05) is 38.3 Å². The van der Waals surface area contributed by atoms with Gasteiger partial charge in [0.15, 0.2) is 0 Å². The summed E-state index contributed by atoms with van der Waals surface area (Å²) < 4.78 is 10.3. The molecule has 2 fully saturated rings. The van der Waals surface area contributed by atoms with Gasteiger partial charge in [-0.3, -0.25) is 19.3 Å². The van der Waals surface area contributed by atoms with Gasteiger partial charge in [-0.25, -0.2) is 0 Å². The number of carbonyl (C=O) groups is 3. The van der Waals surface area contributed by atoms with Crippen molar-refractivity contribution in [2.75, 3.05) is 14.2 Å². The van der Waals surface area contributed by atoms with Crippen molar-refractivity contribution in [1.29, 1.82) is 0 Å². The number of fused-ring (bicyclic) bond motifs is 1. The largest absolute Gasteiger partial charge is 0.496 e. The van der Waals surface area contributed by atoms with Gasteiger partial charge < -0.3 is 9.47 Å². The Morgan fingerprint density at radius 3 is 2.29 bits per heavy atom. The van der Waals surface area contributed by atoms with Crippen LogP contribution in [0.5, 0.6) is 5.75 Å². The third kappa shape index (κ3) is 3.77. The normalized spacial score (nSPS) is 23.2. The Morgan fingerprint density at radius 2 is 1.75 bits per heavy atom. The highest BCUT2D eigenvalue weighted by Gasteiger charge is 2.50. The van der Waals surface area contributed by atoms with E-state index in [2.05, 4.69) is 0 Å². The molecule has 3 unspecified atom stereocenters. The highest BCUT2D eigenvalue weighted by atomic mass is 16.5. The second-order valence-corrected chi connectivity index (χ2v) is 7.62. The Bertz CT molecular complexity index is 735. The molecule has 6 nitrogen and oxygen atoms in total. The van der Waals surface area contributed by atoms with Gasteiger partial charge in [-0.15, -0.1) is 0 Å². The van der Waals surface area contributed by atoms with Gasteiger partial charge in [0.1, 0.15) is 5.75 Å². The second kappa shape index (κ2) is 8.76. The van der Waals surface area contributed by atoms with E-state index < -0.39 is 12.0 Å². The quantitative estimate of drug-likeness (QED) is 0.552. The van der Waals surface area contributed by atoms with E-state index in [4.69, 9.17) is 9.47 Å². The van der Waals surface area contributed by atoms with E-state index in [9.17, 15) is 14.4 Å². The van der Waals surface area contributed by atoms with E-state index in [0.717, 1.165) is 49.7 Å². The molecule has 152 valence electrons. The average Bonchev–Trinajstić information content (AvgIpc) is 2.89. The molecule has 3 rings (SSSR count). The van der Waals surface area contributed by atoms with Gasteiger partial charge in [0.05, 0.1) is 38.5 Å². The molecule has 1 saturated carbocycles. The zero-order valence-corrected chi connectivity index (χ0v) is 16.9. The number of benzene rings is 1. The first-order chi connectivity index (χ1) is 13.5. The van der Waals surface area contributed by atoms with Crippen LogP contribution in [0.25, 0.3) is 0 Å². The van der Waals surface area contributed by atoms with Gasteiger partial charge in [0, 0.05) is 0 Å². The highest BCUT2D eigenvalue weighted by molar-refractivity contribution is 6.05. The van der Waals surface area contributed by atoms with Crippen molar-refractivity contribution in [2.24, 2.45) is 11.8 Å². The first kappa shape index (κ1) is 20.4. The van der Waals surface area contributed by atoms with Gasteiger partial charge >= 0.3 is 5.97 Å². The van der Waals surface area contributed by atoms with Gasteiger partial charge in [0.25, 0.3) is 0 Å². The van der Waals surface area contributed by atoms with Crippen LogP contribution < -0.4 is 4.74 Å². The summed E-state index contributed by atoms with van der Waals surface area (Å²) >= 11 is 0. The van der Waals surface area contributed by atoms with Crippen molar-refractivity contribution < 1.29 is 23.9 Å². The minimum Gasteiger partial charge on any atom is -0.496 e. The first-order valence-electron chi connectivity index (χ1n) is 10.1. The maximum Gasteiger partial charge on any atom is 0.307 e. The van der Waals surface area contributed by atoms with E-state index >= 15 is 0 Å². The Hall–Kier alpha value is -2.37. The lowest BCUT2D eigenvalue weighted by atomic mass is 9.91. The van der Waals surface area contributed by atoms with Crippen molar-refractivity contribution in [3.05, 3.63) is 29.3 Å². The fourth-order valence-corrected chi connectivity index (χ4v) is 4.53. The molecule has 0 spiro atoms. The van der Waals surface area contributed by atoms with Crippen LogP contribution in [0.15, 0.2) is 18.2 Å². The molecule has 0 bridgehead atoms. The summed E-state index contributed by atoms with van der Waals surface area (Å²) in [5, 5.41) is 0. The minimum atomic E-state index is -0.667. The van der Waals surface area contributed by atoms with Crippen LogP contribution >= 0.6 is 0 Å². The number of rotatable bonds is 6. The number of hydrogen-bond acceptors (Lipinski definition) is 5. The first-order valence-corrected chi connectivity index (χ1v) is 10.1. The molecule has 0 radical (unpaired) electrons. The van der Waals surface area contributed by atoms with Crippen molar-refractivity contribution in [3.63, 3.8) is 0 Å². The summed E-state index contributed by atoms with van der Waals surface area (Å²) in [4.78, 5) is 39.8. The number of imide groups is 1. The van der Waals surface area contributed by atoms with Crippen LogP contribution in [0.2, 0.25) is 0 Å². The lowest BCUT2D eigenvalue weighted by Gasteiger charge is -2.27. The Morgan fingerprint density at radius 1 is 1.11 bits per heavy atom. The zero-order chi connectivity index (χ0) is 20.3. The van der Waals surface area contributed by atoms with Crippen LogP contribution in [0.4, 0.5) is 0 Å². The van der Waals surface area contributed by atoms with Crippen LogP contribution in [-0.2, 0) is 25.5 Å². The summed E-state index contributed by atoms with van der Waals surface area (Å²) in [5.41, 5.74) is 1.75. The van der Waals surface area contributed by atoms with Gasteiger partial charge in [-0.05, 0) is 36.5 Å². The maximum absolute atomic E-state index is 13.2. The zero-order valence-electron chi connectivity index (χ0n) is 16.9. The monoisotopic (exact) mass is 387 g/mol. The Balaban J connectivity index is 1.99. The molecule has 6 heteroatoms. The predicted molar refractivity (Wildman–Crippen MR) is 104 cm³/mol. The summed E-state index contributed by atoms with van der Waals surface area (Å²) in [6, 6.07) is 4.98. The highest BCUT2D eigenvalue weighted by Crippen LogP contribution is 2.42. The van der Waals surface area contributed by atoms with E-state index in [-0.39, 0.29) is 30.1 Å². The molecule has 2 amide bonds. The fourth-order valence-electron chi connectivity index (χ4n) is 4.53. The summed E-state index contributed by atoms with van der Waals surface area (Å²) in [7, 11) is 2.91. The molecule has 1 aromatic rings. The molecule has 0 N–H and O–H groups in total. The number of hydrogen-bond donors (Lipinski definition) is 0. The number of aryl methyl sites for hydroxylation is 1. The smallest absolute Gasteiger partial charge is 0.307 e. The van der Waals surface area contributed by atoms with Crippen molar-refractivity contribution in [2.45, 2.75) is 57.9 Å². The topological polar surface area (TPSA) is 72.9 Å². The number of amides is 2. The van der Waals surface area contributed by atoms with Gasteiger partial charge in [-0.2, -0.15) is 0 Å². The second-order valence-electron chi connectivity index (χ2n) is 7.62. The average molecular weight is 387 g/mol. The number of nitrogens with zero attached hydrogens (tertiary/aromatic N) is 1. The SMILES string of the molecule is CCc1ccc(C(CC(=O)OC)N2C(=O)C3CCCCCC3C2=O)cc1OC. The van der Waals surface area contributed by atoms with E-state index in [1.807, 2.05) is 25.1 Å². The molecular weight excluding hydrogens is 358 g/mol. The lowest BCUT2D eigenvalue weighted by Crippen LogP contribution is -2.36. The van der Waals surface area contributed by atoms with Crippen LogP contribution in [0, 0.1) is 11.8 Å². The molecular formula is C22H29NO5. The minimum absolute atomic E-state index is 0.0535. The standard InChI is InChI=1S/C22H29NO5/c1-4-14-10-11-15(12-19(14)27-2)18(13-20(24)28-3)23-21(25)16-8-6-5-7-9-17(16)22(23)26/h10-12,16-18H,4-9,13H2,1-3H3. The van der Waals surface area contributed by atoms with Crippen LogP contribution in [0.1, 0.15) is 62.6 Å². The molecule has 1 aliphatic carbocycles. The number of methoxy groups -OCH3 is 2. The molecule has 1 aromatic carbocycles. The fraction of sp³-hybridized carbons (Fsp3) is 0.591. The van der Waals surface area contributed by atoms with E-state index in [1.165, 1.54) is 12.0 Å². The number of ether oxygens (including phenoxy) is 2. The maximum atomic E-state index is 13.2. The Labute approximate surface area is 166 Å². The molecule has 1 heterocycles. The Kier molecular flexibility index (Phi) is 6.37. The van der Waals surface area contributed by atoms with Crippen LogP contribution in [-0.4, -0.2) is 36.9 Å². The van der Waals surface area contributed by atoms with Crippen molar-refractivity contribution in [1.82, 2.24) is 4.90 Å². The van der Waals surface area contributed by atoms with Crippen molar-refractivity contribution in [3.8, 4) is 5.75 Å². The number of likely N-dealkylation sites (tertiary alicyclic amines) is 1. The molecule has 0 aromatic heterocycles. The molecule has 1 saturated heterocycles. The predicted octanol–water partition coefficient (Wildman–Crippen LogP) is 3.43. The third-order valence-corrected chi connectivity index (χ3v) is 6.10. The number of esters is 1. The molecule has 2 aliphatic rings. The molecule has 28 heavy (non-hydrogen) atoms.